The summed E-state index contributed by atoms with van der Waals surface area (Å²) in [6.07, 6.45) is 5.38. The zero-order valence-corrected chi connectivity index (χ0v) is 13.6. The Kier molecular flexibility index (Phi) is 2.92. The first kappa shape index (κ1) is 14.2. The molecule has 22 heavy (non-hydrogen) atoms. The van der Waals surface area contributed by atoms with Gasteiger partial charge in [0.1, 0.15) is 5.82 Å². The molecule has 1 aliphatic heterocycles. The summed E-state index contributed by atoms with van der Waals surface area (Å²) in [7, 11) is 0. The topological polar surface area (TPSA) is 86.0 Å². The first-order valence-electron chi connectivity index (χ1n) is 8.30. The lowest BCUT2D eigenvalue weighted by atomic mass is 9.46. The normalized spacial score (nSPS) is 32.2. The third-order valence-electron chi connectivity index (χ3n) is 5.64. The lowest BCUT2D eigenvalue weighted by Crippen LogP contribution is -2.69. The predicted molar refractivity (Wildman–Crippen MR) is 84.5 cm³/mol. The summed E-state index contributed by atoms with van der Waals surface area (Å²) in [6, 6.07) is 0.420. The smallest absolute Gasteiger partial charge is 0.228 e. The summed E-state index contributed by atoms with van der Waals surface area (Å²) in [6.45, 7) is 7.15. The molecule has 0 bridgehead atoms. The van der Waals surface area contributed by atoms with E-state index in [1.807, 2.05) is 0 Å². The molecule has 6 heteroatoms. The van der Waals surface area contributed by atoms with Gasteiger partial charge < -0.3 is 15.8 Å². The fraction of sp³-hybridized carbons (Fsp3) is 0.812. The number of fused-ring (bicyclic) bond motifs is 2. The second-order valence-electron chi connectivity index (χ2n) is 8.04. The van der Waals surface area contributed by atoms with E-state index in [0.29, 0.717) is 35.4 Å². The summed E-state index contributed by atoms with van der Waals surface area (Å²) in [5.74, 6) is 2.25. The molecular weight excluding hydrogens is 278 g/mol. The van der Waals surface area contributed by atoms with Crippen LogP contribution in [0.15, 0.2) is 0 Å². The highest BCUT2D eigenvalue weighted by molar-refractivity contribution is 5.38. The molecule has 3 atom stereocenters. The Morgan fingerprint density at radius 3 is 2.64 bits per heavy atom. The minimum atomic E-state index is -0.139. The van der Waals surface area contributed by atoms with Crippen LogP contribution in [-0.2, 0) is 10.2 Å². The first-order valence-corrected chi connectivity index (χ1v) is 8.30. The van der Waals surface area contributed by atoms with Crippen LogP contribution in [0.1, 0.15) is 52.3 Å². The average Bonchev–Trinajstić information content (AvgIpc) is 2.78. The van der Waals surface area contributed by atoms with Gasteiger partial charge in [-0.15, -0.1) is 0 Å². The zero-order valence-electron chi connectivity index (χ0n) is 13.6. The fourth-order valence-electron chi connectivity index (χ4n) is 4.39. The molecule has 0 unspecified atom stereocenters. The summed E-state index contributed by atoms with van der Waals surface area (Å²) >= 11 is 0. The number of ether oxygens (including phenoxy) is 1. The van der Waals surface area contributed by atoms with Gasteiger partial charge in [0.05, 0.1) is 6.10 Å². The highest BCUT2D eigenvalue weighted by Gasteiger charge is 2.66. The van der Waals surface area contributed by atoms with Crippen LogP contribution in [0.3, 0.4) is 0 Å². The van der Waals surface area contributed by atoms with Crippen molar-refractivity contribution in [2.24, 2.45) is 11.3 Å². The summed E-state index contributed by atoms with van der Waals surface area (Å²) in [4.78, 5) is 13.2. The number of nitrogens with one attached hydrogen (secondary N) is 1. The Balaban J connectivity index is 1.60. The summed E-state index contributed by atoms with van der Waals surface area (Å²) < 4.78 is 5.96. The number of nitrogens with zero attached hydrogens (tertiary/aromatic N) is 3. The standard InChI is InChI=1S/C16H25N5O/c1-15(2,3)12-19-13(17)21-14(20-12)18-10-9-5-8-22-11(9)16(10)6-4-7-16/h9-11H,4-8H2,1-3H3,(H3,17,18,19,20,21)/t9-,10-,11+/m1/s1. The van der Waals surface area contributed by atoms with Crippen molar-refractivity contribution in [2.45, 2.75) is 64.0 Å². The minimum Gasteiger partial charge on any atom is -0.377 e. The van der Waals surface area contributed by atoms with E-state index in [4.69, 9.17) is 10.5 Å². The van der Waals surface area contributed by atoms with E-state index in [9.17, 15) is 0 Å². The van der Waals surface area contributed by atoms with Gasteiger partial charge in [0.2, 0.25) is 11.9 Å². The highest BCUT2D eigenvalue weighted by atomic mass is 16.5. The third-order valence-corrected chi connectivity index (χ3v) is 5.64. The molecule has 120 valence electrons. The lowest BCUT2D eigenvalue weighted by molar-refractivity contribution is -0.158. The van der Waals surface area contributed by atoms with Crippen molar-refractivity contribution >= 4 is 11.9 Å². The number of hydrogen-bond acceptors (Lipinski definition) is 6. The third kappa shape index (κ3) is 1.93. The van der Waals surface area contributed by atoms with E-state index in [0.717, 1.165) is 18.9 Å². The maximum absolute atomic E-state index is 5.96. The van der Waals surface area contributed by atoms with Crippen LogP contribution < -0.4 is 11.1 Å². The van der Waals surface area contributed by atoms with Gasteiger partial charge in [0, 0.05) is 29.4 Å². The largest absolute Gasteiger partial charge is 0.377 e. The van der Waals surface area contributed by atoms with Crippen molar-refractivity contribution in [3.63, 3.8) is 0 Å². The number of rotatable bonds is 2. The SMILES string of the molecule is CC(C)(C)c1nc(N)nc(N[C@@H]2[C@H]3CCO[C@@H]3C23CCC3)n1. The van der Waals surface area contributed by atoms with E-state index in [1.54, 1.807) is 0 Å². The van der Waals surface area contributed by atoms with Crippen molar-refractivity contribution < 1.29 is 4.74 Å². The Hall–Kier alpha value is -1.43. The second kappa shape index (κ2) is 4.54. The Labute approximate surface area is 131 Å². The van der Waals surface area contributed by atoms with Crippen LogP contribution in [-0.4, -0.2) is 33.7 Å². The van der Waals surface area contributed by atoms with Gasteiger partial charge in [-0.1, -0.05) is 27.2 Å². The van der Waals surface area contributed by atoms with E-state index in [-0.39, 0.29) is 5.41 Å². The second-order valence-corrected chi connectivity index (χ2v) is 8.04. The van der Waals surface area contributed by atoms with Crippen LogP contribution in [0.25, 0.3) is 0 Å². The molecule has 0 amide bonds. The molecule has 1 spiro atoms. The van der Waals surface area contributed by atoms with Crippen LogP contribution in [0.5, 0.6) is 0 Å². The number of hydrogen-bond donors (Lipinski definition) is 2. The van der Waals surface area contributed by atoms with Gasteiger partial charge >= 0.3 is 0 Å². The van der Waals surface area contributed by atoms with Crippen LogP contribution >= 0.6 is 0 Å². The molecule has 3 N–H and O–H groups in total. The maximum atomic E-state index is 5.96. The fourth-order valence-corrected chi connectivity index (χ4v) is 4.39. The van der Waals surface area contributed by atoms with Gasteiger partial charge in [0.25, 0.3) is 0 Å². The van der Waals surface area contributed by atoms with E-state index < -0.39 is 0 Å². The first-order chi connectivity index (χ1) is 10.4. The quantitative estimate of drug-likeness (QED) is 0.870. The van der Waals surface area contributed by atoms with Crippen LogP contribution in [0.4, 0.5) is 11.9 Å². The molecule has 3 aliphatic rings. The molecule has 4 rings (SSSR count). The minimum absolute atomic E-state index is 0.139. The number of nitrogens with two attached hydrogens (primary N) is 1. The number of anilines is 2. The molecular formula is C16H25N5O. The number of aromatic nitrogens is 3. The average molecular weight is 303 g/mol. The molecule has 1 aromatic heterocycles. The highest BCUT2D eigenvalue weighted by Crippen LogP contribution is 2.63. The van der Waals surface area contributed by atoms with Crippen molar-refractivity contribution in [2.75, 3.05) is 17.7 Å². The van der Waals surface area contributed by atoms with Crippen LogP contribution in [0.2, 0.25) is 0 Å². The number of nitrogen functional groups attached to an aromatic ring is 1. The lowest BCUT2D eigenvalue weighted by Gasteiger charge is -2.63. The predicted octanol–water partition coefficient (Wildman–Crippen LogP) is 2.12. The van der Waals surface area contributed by atoms with Crippen molar-refractivity contribution in [1.29, 1.82) is 0 Å². The van der Waals surface area contributed by atoms with Crippen molar-refractivity contribution in [3.05, 3.63) is 5.82 Å². The molecule has 1 aromatic rings. The Morgan fingerprint density at radius 2 is 2.00 bits per heavy atom. The Morgan fingerprint density at radius 1 is 1.23 bits per heavy atom. The van der Waals surface area contributed by atoms with Crippen molar-refractivity contribution in [1.82, 2.24) is 15.0 Å². The maximum Gasteiger partial charge on any atom is 0.228 e. The monoisotopic (exact) mass is 303 g/mol. The molecule has 0 aromatic carbocycles. The zero-order chi connectivity index (χ0) is 15.5. The molecule has 2 heterocycles. The van der Waals surface area contributed by atoms with Gasteiger partial charge in [-0.2, -0.15) is 15.0 Å². The van der Waals surface area contributed by atoms with Gasteiger partial charge in [-0.25, -0.2) is 0 Å². The molecule has 2 aliphatic carbocycles. The van der Waals surface area contributed by atoms with Gasteiger partial charge in [-0.3, -0.25) is 0 Å². The molecule has 1 saturated heterocycles. The summed E-state index contributed by atoms with van der Waals surface area (Å²) in [5.41, 5.74) is 6.06. The van der Waals surface area contributed by atoms with Gasteiger partial charge in [0.15, 0.2) is 0 Å². The molecule has 3 fully saturated rings. The Bertz CT molecular complexity index is 593. The van der Waals surface area contributed by atoms with E-state index >= 15 is 0 Å². The van der Waals surface area contributed by atoms with E-state index in [2.05, 4.69) is 41.0 Å². The van der Waals surface area contributed by atoms with Crippen molar-refractivity contribution in [3.8, 4) is 0 Å². The molecule has 6 nitrogen and oxygen atoms in total. The summed E-state index contributed by atoms with van der Waals surface area (Å²) in [5, 5.41) is 3.57. The molecule has 2 saturated carbocycles. The van der Waals surface area contributed by atoms with E-state index in [1.165, 1.54) is 19.3 Å². The van der Waals surface area contributed by atoms with Crippen LogP contribution in [0, 0.1) is 11.3 Å². The molecule has 0 radical (unpaired) electrons. The van der Waals surface area contributed by atoms with Gasteiger partial charge in [-0.05, 0) is 19.3 Å².